The van der Waals surface area contributed by atoms with Crippen LogP contribution in [0.1, 0.15) is 89.0 Å². The Morgan fingerprint density at radius 3 is 2.63 bits per heavy atom. The quantitative estimate of drug-likeness (QED) is 0.179. The number of aromatic nitrogens is 1. The molecule has 3 aromatic carbocycles. The summed E-state index contributed by atoms with van der Waals surface area (Å²) in [6.45, 7) is 12.5. The molecular weight excluding hydrogens is 667 g/mol. The second-order valence-corrected chi connectivity index (χ2v) is 15.6. The number of nitrogens with zero attached hydrogens (tertiary/aromatic N) is 1. The molecule has 10 heteroatoms. The number of amidine groups is 2. The minimum Gasteiger partial charge on any atom is -0.466 e. The standard InChI is InChI=1S/C41H50F2N4O3S/c1-8-49-38(48)26(3)25(2)27-11-9-12-28(21-27)41(6)18-10-17-40(4,5)24-51-20-16-31-30-15-19-46-35(30)23-34(43)36(31)50-29-13-14-33(42)32(22-29)37(45-7)47-39(41)44/h9,11-15,19,21-23,25-26,46H,8,10,16-18,20,24H2,1-7H3,(H2,44,45,47). The number of benzene rings is 3. The molecule has 2 heterocycles. The summed E-state index contributed by atoms with van der Waals surface area (Å²) in [5, 5.41) is 13.4. The first kappa shape index (κ1) is 38.1. The lowest BCUT2D eigenvalue weighted by molar-refractivity contribution is -0.148. The number of fused-ring (bicyclic) bond motifs is 5. The third-order valence-electron chi connectivity index (χ3n) is 10.2. The normalized spacial score (nSPS) is 20.9. The number of esters is 1. The summed E-state index contributed by atoms with van der Waals surface area (Å²) in [7, 11) is 1.64. The first-order valence-corrected chi connectivity index (χ1v) is 18.9. The van der Waals surface area contributed by atoms with Gasteiger partial charge in [0.2, 0.25) is 0 Å². The van der Waals surface area contributed by atoms with Gasteiger partial charge in [0, 0.05) is 35.8 Å². The van der Waals surface area contributed by atoms with Crippen molar-refractivity contribution in [1.82, 2.24) is 10.3 Å². The highest BCUT2D eigenvalue weighted by Gasteiger charge is 2.35. The number of thioether (sulfide) groups is 1. The summed E-state index contributed by atoms with van der Waals surface area (Å²) >= 11 is 1.83. The molecule has 3 unspecified atom stereocenters. The van der Waals surface area contributed by atoms with Crippen LogP contribution in [0.4, 0.5) is 8.78 Å². The molecule has 4 aromatic rings. The SMILES string of the molecule is CCOC(=O)C(C)C(C)c1cccc(C2(C)CCCC(C)(C)CSCCc3c(c(F)cc4[nH]ccc34)Oc3ccc(F)c(c3)/C(NC)=N/C2=N)c1. The van der Waals surface area contributed by atoms with Crippen LogP contribution in [0, 0.1) is 28.4 Å². The number of rotatable bonds is 5. The Morgan fingerprint density at radius 1 is 1.10 bits per heavy atom. The maximum absolute atomic E-state index is 15.7. The van der Waals surface area contributed by atoms with Gasteiger partial charge < -0.3 is 19.8 Å². The smallest absolute Gasteiger partial charge is 0.309 e. The zero-order valence-corrected chi connectivity index (χ0v) is 31.5. The van der Waals surface area contributed by atoms with Crippen molar-refractivity contribution in [3.63, 3.8) is 0 Å². The van der Waals surface area contributed by atoms with Gasteiger partial charge in [-0.15, -0.1) is 0 Å². The van der Waals surface area contributed by atoms with Crippen LogP contribution in [0.5, 0.6) is 11.5 Å². The number of aromatic amines is 1. The number of H-pyrrole nitrogens is 1. The molecule has 0 aliphatic carbocycles. The van der Waals surface area contributed by atoms with Crippen LogP contribution in [-0.4, -0.2) is 47.8 Å². The third-order valence-corrected chi connectivity index (χ3v) is 11.7. The van der Waals surface area contributed by atoms with Gasteiger partial charge in [-0.3, -0.25) is 10.2 Å². The van der Waals surface area contributed by atoms with Crippen LogP contribution in [-0.2, 0) is 21.4 Å². The predicted octanol–water partition coefficient (Wildman–Crippen LogP) is 9.93. The van der Waals surface area contributed by atoms with E-state index in [1.54, 1.807) is 20.2 Å². The zero-order valence-electron chi connectivity index (χ0n) is 30.7. The lowest BCUT2D eigenvalue weighted by Crippen LogP contribution is -2.34. The van der Waals surface area contributed by atoms with Crippen molar-refractivity contribution in [3.8, 4) is 11.5 Å². The van der Waals surface area contributed by atoms with Crippen molar-refractivity contribution in [2.24, 2.45) is 16.3 Å². The van der Waals surface area contributed by atoms with Crippen LogP contribution in [0.3, 0.4) is 0 Å². The number of nitrogens with one attached hydrogen (secondary N) is 3. The largest absolute Gasteiger partial charge is 0.466 e. The first-order chi connectivity index (χ1) is 24.3. The summed E-state index contributed by atoms with van der Waals surface area (Å²) in [6.07, 6.45) is 4.76. The van der Waals surface area contributed by atoms with E-state index in [0.29, 0.717) is 25.0 Å². The number of halogens is 2. The Bertz CT molecular complexity index is 1920. The molecule has 2 bridgehead atoms. The topological polar surface area (TPSA) is 99.6 Å². The molecule has 272 valence electrons. The Kier molecular flexibility index (Phi) is 11.9. The molecular formula is C41H50F2N4O3S. The second kappa shape index (κ2) is 16.0. The van der Waals surface area contributed by atoms with Crippen molar-refractivity contribution in [2.75, 3.05) is 25.2 Å². The summed E-state index contributed by atoms with van der Waals surface area (Å²) in [5.74, 6) is 0.520. The fraction of sp³-hybridized carbons (Fsp3) is 0.439. The number of aliphatic imine (C=N–C) groups is 1. The zero-order chi connectivity index (χ0) is 36.9. The van der Waals surface area contributed by atoms with Gasteiger partial charge in [-0.2, -0.15) is 11.8 Å². The Balaban J connectivity index is 1.59. The van der Waals surface area contributed by atoms with Crippen LogP contribution < -0.4 is 10.1 Å². The van der Waals surface area contributed by atoms with Gasteiger partial charge in [0.25, 0.3) is 0 Å². The molecule has 3 atom stereocenters. The van der Waals surface area contributed by atoms with E-state index in [1.165, 1.54) is 24.3 Å². The maximum atomic E-state index is 15.7. The molecule has 51 heavy (non-hydrogen) atoms. The van der Waals surface area contributed by atoms with Crippen molar-refractivity contribution >= 4 is 40.3 Å². The minimum atomic E-state index is -0.839. The molecule has 1 aliphatic heterocycles. The molecule has 1 aliphatic rings. The Hall–Kier alpha value is -4.18. The van der Waals surface area contributed by atoms with Crippen molar-refractivity contribution in [1.29, 1.82) is 5.41 Å². The average Bonchev–Trinajstić information content (AvgIpc) is 3.57. The Morgan fingerprint density at radius 2 is 1.88 bits per heavy atom. The van der Waals surface area contributed by atoms with Gasteiger partial charge in [-0.25, -0.2) is 13.8 Å². The molecule has 0 amide bonds. The molecule has 0 fully saturated rings. The minimum absolute atomic E-state index is 0.00468. The number of hydrogen-bond acceptors (Lipinski definition) is 6. The van der Waals surface area contributed by atoms with Gasteiger partial charge in [-0.05, 0) is 91.3 Å². The molecule has 0 saturated heterocycles. The first-order valence-electron chi connectivity index (χ1n) is 17.7. The predicted molar refractivity (Wildman–Crippen MR) is 205 cm³/mol. The number of ether oxygens (including phenoxy) is 2. The van der Waals surface area contributed by atoms with Gasteiger partial charge in [0.1, 0.15) is 23.2 Å². The number of aryl methyl sites for hydroxylation is 1. The summed E-state index contributed by atoms with van der Waals surface area (Å²) in [6, 6.07) is 15.6. The van der Waals surface area contributed by atoms with E-state index in [4.69, 9.17) is 14.5 Å². The summed E-state index contributed by atoms with van der Waals surface area (Å²) in [5.41, 5.74) is 2.59. The molecule has 7 nitrogen and oxygen atoms in total. The van der Waals surface area contributed by atoms with Gasteiger partial charge in [-0.1, -0.05) is 58.4 Å². The maximum Gasteiger partial charge on any atom is 0.309 e. The van der Waals surface area contributed by atoms with E-state index >= 15 is 8.78 Å². The monoisotopic (exact) mass is 716 g/mol. The second-order valence-electron chi connectivity index (χ2n) is 14.5. The lowest BCUT2D eigenvalue weighted by atomic mass is 9.74. The molecule has 0 saturated carbocycles. The van der Waals surface area contributed by atoms with E-state index in [9.17, 15) is 10.2 Å². The fourth-order valence-electron chi connectivity index (χ4n) is 6.78. The van der Waals surface area contributed by atoms with Crippen molar-refractivity contribution in [3.05, 3.63) is 94.7 Å². The summed E-state index contributed by atoms with van der Waals surface area (Å²) < 4.78 is 42.8. The van der Waals surface area contributed by atoms with E-state index in [1.807, 2.05) is 56.8 Å². The van der Waals surface area contributed by atoms with E-state index in [-0.39, 0.29) is 52.0 Å². The summed E-state index contributed by atoms with van der Waals surface area (Å²) in [4.78, 5) is 20.5. The molecule has 0 spiro atoms. The molecule has 5 rings (SSSR count). The van der Waals surface area contributed by atoms with Gasteiger partial charge in [0.05, 0.1) is 23.5 Å². The van der Waals surface area contributed by atoms with E-state index in [0.717, 1.165) is 46.4 Å². The molecule has 0 radical (unpaired) electrons. The van der Waals surface area contributed by atoms with Crippen molar-refractivity contribution < 1.29 is 23.0 Å². The highest BCUT2D eigenvalue weighted by molar-refractivity contribution is 7.99. The van der Waals surface area contributed by atoms with Gasteiger partial charge >= 0.3 is 5.97 Å². The number of carbonyl (C=O) groups excluding carboxylic acids is 1. The lowest BCUT2D eigenvalue weighted by Gasteiger charge is -2.32. The highest BCUT2D eigenvalue weighted by Crippen LogP contribution is 2.39. The van der Waals surface area contributed by atoms with E-state index in [2.05, 4.69) is 30.2 Å². The number of hydrogen-bond donors (Lipinski definition) is 3. The molecule has 3 N–H and O–H groups in total. The van der Waals surface area contributed by atoms with Crippen LogP contribution >= 0.6 is 11.8 Å². The molecule has 1 aromatic heterocycles. The van der Waals surface area contributed by atoms with Crippen molar-refractivity contribution in [2.45, 2.75) is 78.6 Å². The van der Waals surface area contributed by atoms with E-state index < -0.39 is 17.0 Å². The third kappa shape index (κ3) is 8.49. The average molecular weight is 717 g/mol. The van der Waals surface area contributed by atoms with Gasteiger partial charge in [0.15, 0.2) is 11.6 Å². The van der Waals surface area contributed by atoms with Crippen LogP contribution in [0.15, 0.2) is 65.8 Å². The Labute approximate surface area is 304 Å². The number of carbonyl (C=O) groups is 1. The highest BCUT2D eigenvalue weighted by atomic mass is 32.2. The van der Waals surface area contributed by atoms with Crippen LogP contribution in [0.25, 0.3) is 10.9 Å². The fourth-order valence-corrected chi connectivity index (χ4v) is 7.97. The van der Waals surface area contributed by atoms with Crippen LogP contribution in [0.2, 0.25) is 0 Å².